The summed E-state index contributed by atoms with van der Waals surface area (Å²) >= 11 is 5.94. The lowest BCUT2D eigenvalue weighted by atomic mass is 10.2. The number of carbonyl (C=O) groups excluding carboxylic acids is 2. The van der Waals surface area contributed by atoms with Crippen LogP contribution in [0.3, 0.4) is 0 Å². The average Bonchev–Trinajstić information content (AvgIpc) is 2.43. The predicted octanol–water partition coefficient (Wildman–Crippen LogP) is 2.34. The SMILES string of the molecule is CC(=O)Nc1cc(NC(=O)c2cnccn2)ccc1Cl. The normalized spacial score (nSPS) is 9.90. The molecule has 102 valence electrons. The minimum absolute atomic E-state index is 0.198. The van der Waals surface area contributed by atoms with Crippen molar-refractivity contribution in [3.8, 4) is 0 Å². The molecule has 0 atom stereocenters. The number of hydrogen-bond acceptors (Lipinski definition) is 4. The van der Waals surface area contributed by atoms with Crippen LogP contribution >= 0.6 is 11.6 Å². The van der Waals surface area contributed by atoms with Crippen LogP contribution in [0.1, 0.15) is 17.4 Å². The molecule has 0 unspecified atom stereocenters. The Bertz CT molecular complexity index is 646. The molecule has 7 heteroatoms. The summed E-state index contributed by atoms with van der Waals surface area (Å²) in [6.07, 6.45) is 4.27. The lowest BCUT2D eigenvalue weighted by Crippen LogP contribution is -2.14. The highest BCUT2D eigenvalue weighted by Gasteiger charge is 2.09. The fourth-order valence-electron chi connectivity index (χ4n) is 1.50. The second-order valence-electron chi connectivity index (χ2n) is 3.92. The Kier molecular flexibility index (Phi) is 4.27. The summed E-state index contributed by atoms with van der Waals surface area (Å²) in [7, 11) is 0. The maximum absolute atomic E-state index is 11.9. The van der Waals surface area contributed by atoms with E-state index in [9.17, 15) is 9.59 Å². The third-order valence-corrected chi connectivity index (χ3v) is 2.66. The van der Waals surface area contributed by atoms with E-state index in [1.54, 1.807) is 18.2 Å². The molecule has 0 aliphatic heterocycles. The summed E-state index contributed by atoms with van der Waals surface area (Å²) in [6.45, 7) is 1.38. The quantitative estimate of drug-likeness (QED) is 0.909. The van der Waals surface area contributed by atoms with E-state index in [0.29, 0.717) is 16.4 Å². The molecular formula is C13H11ClN4O2. The van der Waals surface area contributed by atoms with Crippen LogP contribution in [0.2, 0.25) is 5.02 Å². The molecule has 1 aromatic heterocycles. The van der Waals surface area contributed by atoms with E-state index in [0.717, 1.165) is 0 Å². The predicted molar refractivity (Wildman–Crippen MR) is 75.7 cm³/mol. The van der Waals surface area contributed by atoms with Crippen molar-refractivity contribution in [2.75, 3.05) is 10.6 Å². The van der Waals surface area contributed by atoms with E-state index < -0.39 is 5.91 Å². The molecule has 0 radical (unpaired) electrons. The number of benzene rings is 1. The second kappa shape index (κ2) is 6.12. The Morgan fingerprint density at radius 3 is 2.65 bits per heavy atom. The molecular weight excluding hydrogens is 280 g/mol. The average molecular weight is 291 g/mol. The minimum Gasteiger partial charge on any atom is -0.325 e. The number of halogens is 1. The van der Waals surface area contributed by atoms with Gasteiger partial charge in [-0.1, -0.05) is 11.6 Å². The van der Waals surface area contributed by atoms with Crippen LogP contribution < -0.4 is 10.6 Å². The van der Waals surface area contributed by atoms with Gasteiger partial charge < -0.3 is 10.6 Å². The zero-order chi connectivity index (χ0) is 14.5. The van der Waals surface area contributed by atoms with Crippen molar-refractivity contribution < 1.29 is 9.59 Å². The molecule has 20 heavy (non-hydrogen) atoms. The van der Waals surface area contributed by atoms with Gasteiger partial charge in [0.2, 0.25) is 5.91 Å². The van der Waals surface area contributed by atoms with Crippen molar-refractivity contribution in [3.63, 3.8) is 0 Å². The van der Waals surface area contributed by atoms with Crippen molar-refractivity contribution in [2.24, 2.45) is 0 Å². The van der Waals surface area contributed by atoms with E-state index in [1.165, 1.54) is 25.5 Å². The minimum atomic E-state index is -0.394. The fraction of sp³-hybridized carbons (Fsp3) is 0.0769. The van der Waals surface area contributed by atoms with Crippen LogP contribution in [0.15, 0.2) is 36.8 Å². The highest BCUT2D eigenvalue weighted by molar-refractivity contribution is 6.33. The number of carbonyl (C=O) groups is 2. The summed E-state index contributed by atoms with van der Waals surface area (Å²) in [5.74, 6) is -0.640. The number of rotatable bonds is 3. The highest BCUT2D eigenvalue weighted by Crippen LogP contribution is 2.25. The van der Waals surface area contributed by atoms with Gasteiger partial charge >= 0.3 is 0 Å². The van der Waals surface area contributed by atoms with E-state index in [4.69, 9.17) is 11.6 Å². The van der Waals surface area contributed by atoms with Gasteiger partial charge in [0.05, 0.1) is 16.9 Å². The summed E-state index contributed by atoms with van der Waals surface area (Å²) in [6, 6.07) is 4.78. The molecule has 2 amide bonds. The van der Waals surface area contributed by atoms with Gasteiger partial charge in [0.15, 0.2) is 0 Å². The molecule has 0 aliphatic carbocycles. The topological polar surface area (TPSA) is 84.0 Å². The lowest BCUT2D eigenvalue weighted by Gasteiger charge is -2.09. The number of amides is 2. The number of nitrogens with zero attached hydrogens (tertiary/aromatic N) is 2. The number of aromatic nitrogens is 2. The molecule has 6 nitrogen and oxygen atoms in total. The van der Waals surface area contributed by atoms with Gasteiger partial charge in [0.1, 0.15) is 5.69 Å². The van der Waals surface area contributed by atoms with Gasteiger partial charge in [-0.25, -0.2) is 4.98 Å². The van der Waals surface area contributed by atoms with Crippen LogP contribution in [-0.4, -0.2) is 21.8 Å². The third-order valence-electron chi connectivity index (χ3n) is 2.33. The second-order valence-corrected chi connectivity index (χ2v) is 4.33. The number of anilines is 2. The van der Waals surface area contributed by atoms with Crippen LogP contribution in [0.5, 0.6) is 0 Å². The van der Waals surface area contributed by atoms with Crippen molar-refractivity contribution in [1.82, 2.24) is 9.97 Å². The molecule has 0 aliphatic rings. The van der Waals surface area contributed by atoms with E-state index >= 15 is 0 Å². The molecule has 2 aromatic rings. The third kappa shape index (κ3) is 3.52. The van der Waals surface area contributed by atoms with Crippen molar-refractivity contribution >= 4 is 34.8 Å². The lowest BCUT2D eigenvalue weighted by molar-refractivity contribution is -0.114. The number of hydrogen-bond donors (Lipinski definition) is 2. The molecule has 0 saturated heterocycles. The van der Waals surface area contributed by atoms with Gasteiger partial charge in [-0.2, -0.15) is 0 Å². The zero-order valence-electron chi connectivity index (χ0n) is 10.6. The maximum atomic E-state index is 11.9. The van der Waals surface area contributed by atoms with Gasteiger partial charge in [-0.15, -0.1) is 0 Å². The maximum Gasteiger partial charge on any atom is 0.275 e. The molecule has 0 saturated carbocycles. The van der Waals surface area contributed by atoms with Crippen LogP contribution in [0, 0.1) is 0 Å². The van der Waals surface area contributed by atoms with Crippen LogP contribution in [-0.2, 0) is 4.79 Å². The first-order valence-electron chi connectivity index (χ1n) is 5.71. The summed E-state index contributed by atoms with van der Waals surface area (Å²) < 4.78 is 0. The van der Waals surface area contributed by atoms with Gasteiger partial charge in [0, 0.05) is 25.0 Å². The van der Waals surface area contributed by atoms with Crippen molar-refractivity contribution in [1.29, 1.82) is 0 Å². The zero-order valence-corrected chi connectivity index (χ0v) is 11.3. The van der Waals surface area contributed by atoms with Crippen LogP contribution in [0.4, 0.5) is 11.4 Å². The molecule has 1 heterocycles. The molecule has 2 N–H and O–H groups in total. The summed E-state index contributed by atoms with van der Waals surface area (Å²) in [4.78, 5) is 30.7. The highest BCUT2D eigenvalue weighted by atomic mass is 35.5. The Hall–Kier alpha value is -2.47. The Morgan fingerprint density at radius 1 is 1.20 bits per heavy atom. The first-order valence-corrected chi connectivity index (χ1v) is 6.08. The Balaban J connectivity index is 2.18. The van der Waals surface area contributed by atoms with Crippen molar-refractivity contribution in [2.45, 2.75) is 6.92 Å². The van der Waals surface area contributed by atoms with Gasteiger partial charge in [-0.05, 0) is 18.2 Å². The van der Waals surface area contributed by atoms with E-state index in [-0.39, 0.29) is 11.6 Å². The first-order chi connectivity index (χ1) is 9.56. The molecule has 0 bridgehead atoms. The van der Waals surface area contributed by atoms with Crippen molar-refractivity contribution in [3.05, 3.63) is 47.5 Å². The van der Waals surface area contributed by atoms with E-state index in [2.05, 4.69) is 20.6 Å². The standard InChI is InChI=1S/C13H11ClN4O2/c1-8(19)17-11-6-9(2-3-10(11)14)18-13(20)12-7-15-4-5-16-12/h2-7H,1H3,(H,17,19)(H,18,20). The van der Waals surface area contributed by atoms with E-state index in [1.807, 2.05) is 0 Å². The van der Waals surface area contributed by atoms with Crippen LogP contribution in [0.25, 0.3) is 0 Å². The van der Waals surface area contributed by atoms with Gasteiger partial charge in [0.25, 0.3) is 5.91 Å². The molecule has 0 fully saturated rings. The number of nitrogens with one attached hydrogen (secondary N) is 2. The Labute approximate surface area is 120 Å². The Morgan fingerprint density at radius 2 is 2.00 bits per heavy atom. The molecule has 0 spiro atoms. The monoisotopic (exact) mass is 290 g/mol. The first kappa shape index (κ1) is 14.0. The summed E-state index contributed by atoms with van der Waals surface area (Å²) in [5.41, 5.74) is 1.12. The van der Waals surface area contributed by atoms with Gasteiger partial charge in [-0.3, -0.25) is 14.6 Å². The largest absolute Gasteiger partial charge is 0.325 e. The summed E-state index contributed by atoms with van der Waals surface area (Å²) in [5, 5.41) is 5.61. The smallest absolute Gasteiger partial charge is 0.275 e. The molecule has 2 rings (SSSR count). The molecule has 1 aromatic carbocycles. The fourth-order valence-corrected chi connectivity index (χ4v) is 1.66.